The van der Waals surface area contributed by atoms with Crippen LogP contribution < -0.4 is 0 Å². The summed E-state index contributed by atoms with van der Waals surface area (Å²) in [5.74, 6) is 0.458. The maximum Gasteiger partial charge on any atom is 0.115 e. The summed E-state index contributed by atoms with van der Waals surface area (Å²) >= 11 is 0. The van der Waals surface area contributed by atoms with Crippen molar-refractivity contribution in [3.63, 3.8) is 0 Å². The van der Waals surface area contributed by atoms with E-state index in [0.717, 1.165) is 11.1 Å². The van der Waals surface area contributed by atoms with Crippen molar-refractivity contribution in [2.24, 2.45) is 0 Å². The lowest BCUT2D eigenvalue weighted by Crippen LogP contribution is -2.07. The molecule has 94 valence electrons. The van der Waals surface area contributed by atoms with Gasteiger partial charge in [0, 0.05) is 5.92 Å². The van der Waals surface area contributed by atoms with Gasteiger partial charge in [-0.15, -0.1) is 0 Å². The van der Waals surface area contributed by atoms with Crippen LogP contribution in [0.1, 0.15) is 17.0 Å². The van der Waals surface area contributed by atoms with E-state index in [1.165, 1.54) is 0 Å². The highest BCUT2D eigenvalue weighted by Crippen LogP contribution is 2.23. The fourth-order valence-corrected chi connectivity index (χ4v) is 1.95. The molecule has 0 bridgehead atoms. The quantitative estimate of drug-likeness (QED) is 0.774. The largest absolute Gasteiger partial charge is 0.508 e. The minimum Gasteiger partial charge on any atom is -0.508 e. The Labute approximate surface area is 106 Å². The molecule has 0 radical (unpaired) electrons. The molecule has 0 aromatic heterocycles. The van der Waals surface area contributed by atoms with Gasteiger partial charge in [0.15, 0.2) is 0 Å². The Morgan fingerprint density at radius 2 is 1.28 bits per heavy atom. The first-order valence-corrected chi connectivity index (χ1v) is 5.86. The summed E-state index contributed by atoms with van der Waals surface area (Å²) in [5, 5.41) is 27.9. The number of phenolic OH excluding ortho intramolecular Hbond substituents is 2. The van der Waals surface area contributed by atoms with E-state index in [2.05, 4.69) is 0 Å². The Bertz CT molecular complexity index is 488. The Kier molecular flexibility index (Phi) is 3.85. The zero-order valence-electron chi connectivity index (χ0n) is 9.95. The van der Waals surface area contributed by atoms with Gasteiger partial charge < -0.3 is 15.3 Å². The van der Waals surface area contributed by atoms with Gasteiger partial charge in [0.05, 0.1) is 6.61 Å². The van der Waals surface area contributed by atoms with Gasteiger partial charge in [-0.1, -0.05) is 24.3 Å². The highest BCUT2D eigenvalue weighted by molar-refractivity contribution is 5.31. The first kappa shape index (κ1) is 12.5. The topological polar surface area (TPSA) is 60.7 Å². The van der Waals surface area contributed by atoms with Crippen molar-refractivity contribution in [2.45, 2.75) is 12.3 Å². The summed E-state index contributed by atoms with van der Waals surface area (Å²) < 4.78 is 0. The predicted octanol–water partition coefficient (Wildman–Crippen LogP) is 2.42. The number of aromatic hydroxyl groups is 2. The normalized spacial score (nSPS) is 12.3. The van der Waals surface area contributed by atoms with Crippen LogP contribution in [-0.2, 0) is 6.42 Å². The van der Waals surface area contributed by atoms with Crippen LogP contribution in [0.2, 0.25) is 0 Å². The number of aliphatic hydroxyl groups is 1. The van der Waals surface area contributed by atoms with Crippen molar-refractivity contribution in [1.29, 1.82) is 0 Å². The van der Waals surface area contributed by atoms with E-state index in [9.17, 15) is 15.3 Å². The van der Waals surface area contributed by atoms with Crippen LogP contribution in [0.25, 0.3) is 0 Å². The van der Waals surface area contributed by atoms with Gasteiger partial charge in [0.2, 0.25) is 0 Å². The zero-order valence-corrected chi connectivity index (χ0v) is 9.95. The molecule has 0 fully saturated rings. The molecule has 3 heteroatoms. The van der Waals surface area contributed by atoms with Crippen LogP contribution in [0.15, 0.2) is 48.5 Å². The minimum absolute atomic E-state index is 0.00450. The number of hydrogen-bond donors (Lipinski definition) is 3. The Morgan fingerprint density at radius 1 is 0.778 bits per heavy atom. The Hall–Kier alpha value is -2.00. The highest BCUT2D eigenvalue weighted by Gasteiger charge is 2.11. The number of rotatable bonds is 4. The molecule has 0 amide bonds. The molecule has 0 heterocycles. The molecule has 2 aromatic carbocycles. The first-order valence-electron chi connectivity index (χ1n) is 5.86. The van der Waals surface area contributed by atoms with E-state index in [1.54, 1.807) is 24.3 Å². The smallest absolute Gasteiger partial charge is 0.115 e. The second-order valence-corrected chi connectivity index (χ2v) is 4.34. The van der Waals surface area contributed by atoms with E-state index >= 15 is 0 Å². The second-order valence-electron chi connectivity index (χ2n) is 4.34. The number of benzene rings is 2. The third-order valence-electron chi connectivity index (χ3n) is 3.00. The molecule has 3 N–H and O–H groups in total. The average molecular weight is 244 g/mol. The first-order chi connectivity index (χ1) is 8.69. The number of aliphatic hydroxyl groups excluding tert-OH is 1. The summed E-state index contributed by atoms with van der Waals surface area (Å²) in [6.45, 7) is 0.0473. The highest BCUT2D eigenvalue weighted by atomic mass is 16.3. The summed E-state index contributed by atoms with van der Waals surface area (Å²) in [6.07, 6.45) is 0.696. The third-order valence-corrected chi connectivity index (χ3v) is 3.00. The van der Waals surface area contributed by atoms with Gasteiger partial charge in [0.1, 0.15) is 11.5 Å². The van der Waals surface area contributed by atoms with Crippen LogP contribution in [-0.4, -0.2) is 21.9 Å². The van der Waals surface area contributed by atoms with Crippen molar-refractivity contribution in [3.8, 4) is 11.5 Å². The molecular formula is C15H16O3. The SMILES string of the molecule is OCC(Cc1ccc(O)cc1)c1ccc(O)cc1. The van der Waals surface area contributed by atoms with Gasteiger partial charge in [-0.2, -0.15) is 0 Å². The molecule has 0 spiro atoms. The maximum atomic E-state index is 9.45. The van der Waals surface area contributed by atoms with Gasteiger partial charge >= 0.3 is 0 Å². The summed E-state index contributed by atoms with van der Waals surface area (Å²) in [7, 11) is 0. The molecule has 0 saturated carbocycles. The molecule has 18 heavy (non-hydrogen) atoms. The fourth-order valence-electron chi connectivity index (χ4n) is 1.95. The standard InChI is InChI=1S/C15H16O3/c16-10-13(12-3-7-15(18)8-4-12)9-11-1-5-14(17)6-2-11/h1-8,13,16-18H,9-10H2. The summed E-state index contributed by atoms with van der Waals surface area (Å²) in [6, 6.07) is 13.8. The van der Waals surface area contributed by atoms with Crippen LogP contribution >= 0.6 is 0 Å². The van der Waals surface area contributed by atoms with Crippen molar-refractivity contribution >= 4 is 0 Å². The van der Waals surface area contributed by atoms with Gasteiger partial charge in [0.25, 0.3) is 0 Å². The van der Waals surface area contributed by atoms with E-state index in [4.69, 9.17) is 0 Å². The molecule has 3 nitrogen and oxygen atoms in total. The molecule has 0 aliphatic carbocycles. The lowest BCUT2D eigenvalue weighted by Gasteiger charge is -2.14. The Balaban J connectivity index is 2.14. The Morgan fingerprint density at radius 3 is 1.78 bits per heavy atom. The van der Waals surface area contributed by atoms with Crippen molar-refractivity contribution < 1.29 is 15.3 Å². The van der Waals surface area contributed by atoms with E-state index in [0.29, 0.717) is 6.42 Å². The van der Waals surface area contributed by atoms with Gasteiger partial charge in [-0.25, -0.2) is 0 Å². The second kappa shape index (κ2) is 5.56. The van der Waals surface area contributed by atoms with Crippen LogP contribution in [0.5, 0.6) is 11.5 Å². The average Bonchev–Trinajstić information content (AvgIpc) is 2.39. The zero-order chi connectivity index (χ0) is 13.0. The third kappa shape index (κ3) is 3.02. The lowest BCUT2D eigenvalue weighted by atomic mass is 9.92. The van der Waals surface area contributed by atoms with Crippen molar-refractivity contribution in [3.05, 3.63) is 59.7 Å². The van der Waals surface area contributed by atoms with E-state index in [-0.39, 0.29) is 24.0 Å². The fraction of sp³-hybridized carbons (Fsp3) is 0.200. The minimum atomic E-state index is -0.00450. The van der Waals surface area contributed by atoms with E-state index in [1.807, 2.05) is 24.3 Å². The molecule has 0 aliphatic rings. The predicted molar refractivity (Wildman–Crippen MR) is 69.7 cm³/mol. The van der Waals surface area contributed by atoms with Gasteiger partial charge in [-0.05, 0) is 41.8 Å². The van der Waals surface area contributed by atoms with Gasteiger partial charge in [-0.3, -0.25) is 0 Å². The molecule has 1 atom stereocenters. The van der Waals surface area contributed by atoms with E-state index < -0.39 is 0 Å². The molecule has 2 aromatic rings. The molecular weight excluding hydrogens is 228 g/mol. The van der Waals surface area contributed by atoms with Crippen molar-refractivity contribution in [2.75, 3.05) is 6.61 Å². The number of phenols is 2. The maximum absolute atomic E-state index is 9.45. The van der Waals surface area contributed by atoms with Crippen LogP contribution in [0, 0.1) is 0 Å². The molecule has 0 saturated heterocycles. The lowest BCUT2D eigenvalue weighted by molar-refractivity contribution is 0.264. The summed E-state index contributed by atoms with van der Waals surface area (Å²) in [4.78, 5) is 0. The van der Waals surface area contributed by atoms with Crippen LogP contribution in [0.4, 0.5) is 0 Å². The van der Waals surface area contributed by atoms with Crippen molar-refractivity contribution in [1.82, 2.24) is 0 Å². The molecule has 1 unspecified atom stereocenters. The molecule has 0 aliphatic heterocycles. The molecule has 2 rings (SSSR count). The monoisotopic (exact) mass is 244 g/mol. The van der Waals surface area contributed by atoms with Crippen LogP contribution in [0.3, 0.4) is 0 Å². The summed E-state index contributed by atoms with van der Waals surface area (Å²) in [5.41, 5.74) is 2.04. The number of hydrogen-bond acceptors (Lipinski definition) is 3.